The van der Waals surface area contributed by atoms with E-state index in [1.54, 1.807) is 12.4 Å². The first-order valence-electron chi connectivity index (χ1n) is 6.23. The zero-order valence-electron chi connectivity index (χ0n) is 10.6. The van der Waals surface area contributed by atoms with Crippen LogP contribution in [0.25, 0.3) is 0 Å². The molecule has 1 atom stereocenters. The highest BCUT2D eigenvalue weighted by Gasteiger charge is 2.06. The summed E-state index contributed by atoms with van der Waals surface area (Å²) in [5.74, 6) is 1.54. The van der Waals surface area contributed by atoms with Crippen molar-refractivity contribution in [2.24, 2.45) is 0 Å². The minimum Gasteiger partial charge on any atom is -0.396 e. The summed E-state index contributed by atoms with van der Waals surface area (Å²) in [6.07, 6.45) is 6.16. The first kappa shape index (κ1) is 13.7. The molecule has 0 bridgehead atoms. The lowest BCUT2D eigenvalue weighted by Gasteiger charge is -2.16. The molecular weight excluding hydrogens is 216 g/mol. The van der Waals surface area contributed by atoms with Gasteiger partial charge < -0.3 is 15.7 Å². The maximum atomic E-state index is 8.93. The summed E-state index contributed by atoms with van der Waals surface area (Å²) < 4.78 is 0. The van der Waals surface area contributed by atoms with E-state index in [1.165, 1.54) is 0 Å². The highest BCUT2D eigenvalue weighted by Crippen LogP contribution is 2.10. The molecule has 0 aromatic carbocycles. The van der Waals surface area contributed by atoms with Crippen molar-refractivity contribution in [2.75, 3.05) is 23.8 Å². The third-order valence-corrected chi connectivity index (χ3v) is 2.51. The van der Waals surface area contributed by atoms with Crippen LogP contribution in [0.15, 0.2) is 12.4 Å². The van der Waals surface area contributed by atoms with E-state index in [2.05, 4.69) is 34.4 Å². The van der Waals surface area contributed by atoms with Gasteiger partial charge in [0.1, 0.15) is 11.6 Å². The van der Waals surface area contributed by atoms with E-state index in [1.807, 2.05) is 0 Å². The zero-order valence-corrected chi connectivity index (χ0v) is 10.6. The summed E-state index contributed by atoms with van der Waals surface area (Å²) in [5, 5.41) is 15.4. The Bertz CT molecular complexity index is 319. The Labute approximate surface area is 103 Å². The Morgan fingerprint density at radius 3 is 2.71 bits per heavy atom. The standard InChI is InChI=1S/C12H22N4O/c1-3-6-14-11-8-13-9-12(16-11)15-10(4-2)5-7-17/h8-10,17H,3-7H2,1-2H3,(H2,14,15,16). The van der Waals surface area contributed by atoms with E-state index >= 15 is 0 Å². The highest BCUT2D eigenvalue weighted by atomic mass is 16.3. The molecule has 0 radical (unpaired) electrons. The normalized spacial score (nSPS) is 12.2. The molecule has 5 nitrogen and oxygen atoms in total. The van der Waals surface area contributed by atoms with Gasteiger partial charge in [-0.05, 0) is 19.3 Å². The fraction of sp³-hybridized carbons (Fsp3) is 0.667. The molecule has 0 aliphatic heterocycles. The number of aliphatic hydroxyl groups is 1. The van der Waals surface area contributed by atoms with E-state index in [0.29, 0.717) is 0 Å². The van der Waals surface area contributed by atoms with Gasteiger partial charge in [-0.15, -0.1) is 0 Å². The van der Waals surface area contributed by atoms with Crippen LogP contribution in [0.1, 0.15) is 33.1 Å². The summed E-state index contributed by atoms with van der Waals surface area (Å²) in [6.45, 7) is 5.27. The summed E-state index contributed by atoms with van der Waals surface area (Å²) in [6, 6.07) is 0.246. The fourth-order valence-corrected chi connectivity index (χ4v) is 1.52. The van der Waals surface area contributed by atoms with Gasteiger partial charge in [-0.1, -0.05) is 13.8 Å². The summed E-state index contributed by atoms with van der Waals surface area (Å²) in [4.78, 5) is 8.55. The number of aliphatic hydroxyl groups excluding tert-OH is 1. The monoisotopic (exact) mass is 238 g/mol. The highest BCUT2D eigenvalue weighted by molar-refractivity contribution is 5.42. The number of hydrogen-bond donors (Lipinski definition) is 3. The van der Waals surface area contributed by atoms with E-state index in [0.717, 1.165) is 37.4 Å². The van der Waals surface area contributed by atoms with Gasteiger partial charge in [-0.25, -0.2) is 4.98 Å². The molecule has 96 valence electrons. The quantitative estimate of drug-likeness (QED) is 0.645. The van der Waals surface area contributed by atoms with Crippen LogP contribution in [0, 0.1) is 0 Å². The first-order valence-corrected chi connectivity index (χ1v) is 6.23. The number of nitrogens with one attached hydrogen (secondary N) is 2. The van der Waals surface area contributed by atoms with Gasteiger partial charge in [0, 0.05) is 19.2 Å². The Kier molecular flexibility index (Phi) is 6.32. The van der Waals surface area contributed by atoms with E-state index < -0.39 is 0 Å². The van der Waals surface area contributed by atoms with Crippen LogP contribution < -0.4 is 10.6 Å². The molecule has 5 heteroatoms. The second kappa shape index (κ2) is 7.84. The van der Waals surface area contributed by atoms with Crippen molar-refractivity contribution in [1.82, 2.24) is 9.97 Å². The molecule has 0 amide bonds. The number of rotatable bonds is 8. The van der Waals surface area contributed by atoms with Gasteiger partial charge in [-0.2, -0.15) is 0 Å². The van der Waals surface area contributed by atoms with Crippen molar-refractivity contribution >= 4 is 11.6 Å². The SMILES string of the molecule is CCCNc1cncc(NC(CC)CCO)n1. The topological polar surface area (TPSA) is 70.1 Å². The van der Waals surface area contributed by atoms with E-state index in [4.69, 9.17) is 5.11 Å². The Morgan fingerprint density at radius 1 is 1.29 bits per heavy atom. The lowest BCUT2D eigenvalue weighted by Crippen LogP contribution is -2.20. The zero-order chi connectivity index (χ0) is 12.5. The van der Waals surface area contributed by atoms with Crippen LogP contribution in [0.2, 0.25) is 0 Å². The van der Waals surface area contributed by atoms with Crippen LogP contribution in [-0.4, -0.2) is 34.3 Å². The van der Waals surface area contributed by atoms with Crippen molar-refractivity contribution in [3.63, 3.8) is 0 Å². The molecule has 1 aromatic heterocycles. The maximum absolute atomic E-state index is 8.93. The third kappa shape index (κ3) is 4.99. The van der Waals surface area contributed by atoms with Gasteiger partial charge >= 0.3 is 0 Å². The Morgan fingerprint density at radius 2 is 2.06 bits per heavy atom. The molecule has 0 spiro atoms. The molecule has 1 rings (SSSR count). The Hall–Kier alpha value is -1.36. The second-order valence-electron chi connectivity index (χ2n) is 3.98. The number of hydrogen-bond acceptors (Lipinski definition) is 5. The van der Waals surface area contributed by atoms with Crippen molar-refractivity contribution in [2.45, 2.75) is 39.2 Å². The Balaban J connectivity index is 2.57. The molecule has 0 saturated carbocycles. The first-order chi connectivity index (χ1) is 8.30. The van der Waals surface area contributed by atoms with Crippen molar-refractivity contribution < 1.29 is 5.11 Å². The molecule has 1 unspecified atom stereocenters. The second-order valence-corrected chi connectivity index (χ2v) is 3.98. The van der Waals surface area contributed by atoms with Gasteiger partial charge in [0.15, 0.2) is 0 Å². The van der Waals surface area contributed by atoms with Gasteiger partial charge in [0.25, 0.3) is 0 Å². The minimum absolute atomic E-state index is 0.187. The van der Waals surface area contributed by atoms with Crippen LogP contribution in [0.3, 0.4) is 0 Å². The van der Waals surface area contributed by atoms with Crippen molar-refractivity contribution in [1.29, 1.82) is 0 Å². The van der Waals surface area contributed by atoms with Crippen LogP contribution >= 0.6 is 0 Å². The predicted molar refractivity (Wildman–Crippen MR) is 70.2 cm³/mol. The molecule has 0 saturated heterocycles. The number of nitrogens with zero attached hydrogens (tertiary/aromatic N) is 2. The third-order valence-electron chi connectivity index (χ3n) is 2.51. The molecule has 1 heterocycles. The number of anilines is 2. The van der Waals surface area contributed by atoms with Gasteiger partial charge in [0.05, 0.1) is 12.4 Å². The van der Waals surface area contributed by atoms with Crippen molar-refractivity contribution in [3.8, 4) is 0 Å². The molecule has 0 aliphatic rings. The largest absolute Gasteiger partial charge is 0.396 e. The lowest BCUT2D eigenvalue weighted by molar-refractivity contribution is 0.278. The van der Waals surface area contributed by atoms with Crippen molar-refractivity contribution in [3.05, 3.63) is 12.4 Å². The van der Waals surface area contributed by atoms with E-state index in [9.17, 15) is 0 Å². The summed E-state index contributed by atoms with van der Waals surface area (Å²) in [7, 11) is 0. The summed E-state index contributed by atoms with van der Waals surface area (Å²) >= 11 is 0. The molecule has 0 aliphatic carbocycles. The minimum atomic E-state index is 0.187. The van der Waals surface area contributed by atoms with Gasteiger partial charge in [0.2, 0.25) is 0 Å². The molecule has 3 N–H and O–H groups in total. The summed E-state index contributed by atoms with van der Waals surface area (Å²) in [5.41, 5.74) is 0. The molecule has 1 aromatic rings. The maximum Gasteiger partial charge on any atom is 0.147 e. The number of aromatic nitrogens is 2. The van der Waals surface area contributed by atoms with Crippen LogP contribution in [0.5, 0.6) is 0 Å². The van der Waals surface area contributed by atoms with E-state index in [-0.39, 0.29) is 12.6 Å². The molecular formula is C12H22N4O. The van der Waals surface area contributed by atoms with Gasteiger partial charge in [-0.3, -0.25) is 4.98 Å². The molecule has 0 fully saturated rings. The lowest BCUT2D eigenvalue weighted by atomic mass is 10.1. The van der Waals surface area contributed by atoms with Crippen LogP contribution in [-0.2, 0) is 0 Å². The average molecular weight is 238 g/mol. The van der Waals surface area contributed by atoms with Crippen LogP contribution in [0.4, 0.5) is 11.6 Å². The smallest absolute Gasteiger partial charge is 0.147 e. The molecule has 17 heavy (non-hydrogen) atoms. The average Bonchev–Trinajstić information content (AvgIpc) is 2.36. The predicted octanol–water partition coefficient (Wildman–Crippen LogP) is 1.87. The fourth-order valence-electron chi connectivity index (χ4n) is 1.52.